The van der Waals surface area contributed by atoms with E-state index in [0.29, 0.717) is 10.0 Å². The topological polar surface area (TPSA) is 38.0 Å². The van der Waals surface area contributed by atoms with Crippen molar-refractivity contribution in [2.24, 2.45) is 5.84 Å². The van der Waals surface area contributed by atoms with Crippen LogP contribution in [0.25, 0.3) is 0 Å². The molecule has 3 N–H and O–H groups in total. The lowest BCUT2D eigenvalue weighted by atomic mass is 10.0. The monoisotopic (exact) mass is 288 g/mol. The molecule has 0 fully saturated rings. The molecule has 18 heavy (non-hydrogen) atoms. The molecule has 0 amide bonds. The Kier molecular flexibility index (Phi) is 7.68. The molecule has 1 aromatic rings. The second kappa shape index (κ2) is 8.76. The number of unbranched alkanes of at least 4 members (excludes halogenated alkanes) is 4. The molecule has 0 spiro atoms. The molecule has 102 valence electrons. The summed E-state index contributed by atoms with van der Waals surface area (Å²) in [5.74, 6) is 5.61. The highest BCUT2D eigenvalue weighted by Gasteiger charge is 2.13. The van der Waals surface area contributed by atoms with Crippen LogP contribution in [0.3, 0.4) is 0 Å². The van der Waals surface area contributed by atoms with E-state index >= 15 is 0 Å². The van der Waals surface area contributed by atoms with E-state index in [1.165, 1.54) is 25.7 Å². The van der Waals surface area contributed by atoms with Crippen molar-refractivity contribution >= 4 is 23.2 Å². The van der Waals surface area contributed by atoms with E-state index in [1.807, 2.05) is 12.1 Å². The predicted molar refractivity (Wildman–Crippen MR) is 79.9 cm³/mol. The van der Waals surface area contributed by atoms with Crippen molar-refractivity contribution in [3.8, 4) is 0 Å². The van der Waals surface area contributed by atoms with Crippen molar-refractivity contribution in [3.63, 3.8) is 0 Å². The van der Waals surface area contributed by atoms with Crippen LogP contribution >= 0.6 is 23.2 Å². The molecule has 1 rings (SSSR count). The molecule has 1 aromatic carbocycles. The summed E-state index contributed by atoms with van der Waals surface area (Å²) in [6.45, 7) is 2.22. The Hall–Kier alpha value is -0.280. The van der Waals surface area contributed by atoms with E-state index in [9.17, 15) is 0 Å². The maximum absolute atomic E-state index is 6.19. The van der Waals surface area contributed by atoms with Gasteiger partial charge in [-0.05, 0) is 24.1 Å². The number of hydrazine groups is 1. The smallest absolute Gasteiger partial charge is 0.0474 e. The molecule has 0 aromatic heterocycles. The summed E-state index contributed by atoms with van der Waals surface area (Å²) in [6.07, 6.45) is 7.28. The fourth-order valence-corrected chi connectivity index (χ4v) is 2.60. The Balaban J connectivity index is 2.49. The Morgan fingerprint density at radius 2 is 1.89 bits per heavy atom. The van der Waals surface area contributed by atoms with Gasteiger partial charge in [-0.15, -0.1) is 0 Å². The minimum Gasteiger partial charge on any atom is -0.271 e. The standard InChI is InChI=1S/C14H22Cl2N2/c1-2-3-4-5-6-7-14(18-17)12-9-8-11(15)10-13(12)16/h8-10,14,18H,2-7,17H2,1H3. The largest absolute Gasteiger partial charge is 0.271 e. The van der Waals surface area contributed by atoms with Crippen molar-refractivity contribution in [1.29, 1.82) is 0 Å². The lowest BCUT2D eigenvalue weighted by Crippen LogP contribution is -2.28. The Labute approximate surface area is 120 Å². The van der Waals surface area contributed by atoms with E-state index in [0.717, 1.165) is 18.4 Å². The number of hydrogen-bond donors (Lipinski definition) is 2. The van der Waals surface area contributed by atoms with Crippen molar-refractivity contribution in [3.05, 3.63) is 33.8 Å². The Bertz CT molecular complexity index is 356. The van der Waals surface area contributed by atoms with E-state index in [-0.39, 0.29) is 6.04 Å². The van der Waals surface area contributed by atoms with Crippen LogP contribution in [-0.4, -0.2) is 0 Å². The van der Waals surface area contributed by atoms with Gasteiger partial charge in [0.1, 0.15) is 0 Å². The van der Waals surface area contributed by atoms with E-state index in [1.54, 1.807) is 6.07 Å². The third kappa shape index (κ3) is 5.15. The van der Waals surface area contributed by atoms with Crippen molar-refractivity contribution in [1.82, 2.24) is 5.43 Å². The van der Waals surface area contributed by atoms with Crippen LogP contribution in [0.4, 0.5) is 0 Å². The molecule has 2 nitrogen and oxygen atoms in total. The van der Waals surface area contributed by atoms with Crippen LogP contribution in [0.1, 0.15) is 57.1 Å². The SMILES string of the molecule is CCCCCCCC(NN)c1ccc(Cl)cc1Cl. The first kappa shape index (κ1) is 15.8. The molecular weight excluding hydrogens is 267 g/mol. The Morgan fingerprint density at radius 3 is 2.50 bits per heavy atom. The summed E-state index contributed by atoms with van der Waals surface area (Å²) in [5.41, 5.74) is 3.87. The molecule has 0 radical (unpaired) electrons. The summed E-state index contributed by atoms with van der Waals surface area (Å²) in [4.78, 5) is 0. The van der Waals surface area contributed by atoms with Gasteiger partial charge in [0.05, 0.1) is 0 Å². The Morgan fingerprint density at radius 1 is 1.17 bits per heavy atom. The quantitative estimate of drug-likeness (QED) is 0.407. The maximum Gasteiger partial charge on any atom is 0.0474 e. The lowest BCUT2D eigenvalue weighted by Gasteiger charge is -2.17. The van der Waals surface area contributed by atoms with Crippen LogP contribution in [-0.2, 0) is 0 Å². The molecule has 0 aliphatic carbocycles. The van der Waals surface area contributed by atoms with E-state index < -0.39 is 0 Å². The van der Waals surface area contributed by atoms with Crippen molar-refractivity contribution in [2.75, 3.05) is 0 Å². The van der Waals surface area contributed by atoms with Crippen LogP contribution in [0.5, 0.6) is 0 Å². The highest BCUT2D eigenvalue weighted by molar-refractivity contribution is 6.35. The molecule has 0 bridgehead atoms. The second-order valence-electron chi connectivity index (χ2n) is 4.59. The third-order valence-electron chi connectivity index (χ3n) is 3.14. The van der Waals surface area contributed by atoms with Gasteiger partial charge in [-0.2, -0.15) is 0 Å². The number of nitrogens with one attached hydrogen (secondary N) is 1. The molecule has 0 saturated heterocycles. The van der Waals surface area contributed by atoms with Gasteiger partial charge < -0.3 is 0 Å². The van der Waals surface area contributed by atoms with E-state index in [4.69, 9.17) is 29.0 Å². The summed E-state index contributed by atoms with van der Waals surface area (Å²) < 4.78 is 0. The first-order chi connectivity index (χ1) is 8.69. The van der Waals surface area contributed by atoms with Gasteiger partial charge in [0.25, 0.3) is 0 Å². The molecule has 0 saturated carbocycles. The van der Waals surface area contributed by atoms with Gasteiger partial charge in [-0.3, -0.25) is 11.3 Å². The summed E-state index contributed by atoms with van der Waals surface area (Å²) in [5, 5.41) is 1.33. The molecular formula is C14H22Cl2N2. The minimum atomic E-state index is 0.108. The zero-order valence-electron chi connectivity index (χ0n) is 10.9. The predicted octanol–water partition coefficient (Wildman–Crippen LogP) is 4.86. The minimum absolute atomic E-state index is 0.108. The maximum atomic E-state index is 6.19. The number of nitrogens with two attached hydrogens (primary N) is 1. The van der Waals surface area contributed by atoms with Gasteiger partial charge in [0, 0.05) is 16.1 Å². The van der Waals surface area contributed by atoms with Crippen molar-refractivity contribution < 1.29 is 0 Å². The second-order valence-corrected chi connectivity index (χ2v) is 5.43. The zero-order chi connectivity index (χ0) is 13.4. The molecule has 0 aliphatic heterocycles. The molecule has 0 aliphatic rings. The van der Waals surface area contributed by atoms with E-state index in [2.05, 4.69) is 12.3 Å². The number of hydrogen-bond acceptors (Lipinski definition) is 2. The molecule has 4 heteroatoms. The molecule has 0 heterocycles. The highest BCUT2D eigenvalue weighted by atomic mass is 35.5. The van der Waals surface area contributed by atoms with Crippen LogP contribution in [0.2, 0.25) is 10.0 Å². The highest BCUT2D eigenvalue weighted by Crippen LogP contribution is 2.28. The van der Waals surface area contributed by atoms with Gasteiger partial charge in [-0.25, -0.2) is 0 Å². The van der Waals surface area contributed by atoms with Gasteiger partial charge in [0.2, 0.25) is 0 Å². The fourth-order valence-electron chi connectivity index (χ4n) is 2.06. The van der Waals surface area contributed by atoms with Crippen LogP contribution in [0.15, 0.2) is 18.2 Å². The number of rotatable bonds is 8. The number of benzene rings is 1. The van der Waals surface area contributed by atoms with Gasteiger partial charge in [0.15, 0.2) is 0 Å². The molecule has 1 unspecified atom stereocenters. The van der Waals surface area contributed by atoms with Gasteiger partial charge >= 0.3 is 0 Å². The normalized spacial score (nSPS) is 12.7. The van der Waals surface area contributed by atoms with Crippen LogP contribution < -0.4 is 11.3 Å². The first-order valence-corrected chi connectivity index (χ1v) is 7.35. The first-order valence-electron chi connectivity index (χ1n) is 6.60. The fraction of sp³-hybridized carbons (Fsp3) is 0.571. The van der Waals surface area contributed by atoms with Crippen LogP contribution in [0, 0.1) is 0 Å². The van der Waals surface area contributed by atoms with Crippen molar-refractivity contribution in [2.45, 2.75) is 51.5 Å². The molecule has 1 atom stereocenters. The third-order valence-corrected chi connectivity index (χ3v) is 3.70. The average Bonchev–Trinajstić information content (AvgIpc) is 2.35. The summed E-state index contributed by atoms with van der Waals surface area (Å²) in [6, 6.07) is 5.67. The average molecular weight is 289 g/mol. The summed E-state index contributed by atoms with van der Waals surface area (Å²) >= 11 is 12.1. The van der Waals surface area contributed by atoms with Gasteiger partial charge in [-0.1, -0.05) is 68.3 Å². The number of halogens is 2. The summed E-state index contributed by atoms with van der Waals surface area (Å²) in [7, 11) is 0. The lowest BCUT2D eigenvalue weighted by molar-refractivity contribution is 0.479. The zero-order valence-corrected chi connectivity index (χ0v) is 12.4.